The van der Waals surface area contributed by atoms with Crippen LogP contribution in [0.4, 0.5) is 0 Å². The second kappa shape index (κ2) is 8.40. The molecular formula is C19H20ClNO. The first-order valence-electron chi connectivity index (χ1n) is 7.52. The number of allylic oxidation sites excluding steroid dienone is 1. The molecule has 0 bridgehead atoms. The summed E-state index contributed by atoms with van der Waals surface area (Å²) in [5.41, 5.74) is 2.35. The van der Waals surface area contributed by atoms with E-state index < -0.39 is 0 Å². The van der Waals surface area contributed by atoms with E-state index in [1.807, 2.05) is 42.5 Å². The average molecular weight is 314 g/mol. The van der Waals surface area contributed by atoms with Gasteiger partial charge in [-0.15, -0.1) is 0 Å². The predicted molar refractivity (Wildman–Crippen MR) is 93.1 cm³/mol. The smallest absolute Gasteiger partial charge is 0.189 e. The fraction of sp³-hybridized carbons (Fsp3) is 0.211. The fourth-order valence-electron chi connectivity index (χ4n) is 2.12. The largest absolute Gasteiger partial charge is 0.384 e. The van der Waals surface area contributed by atoms with E-state index in [1.165, 1.54) is 0 Å². The maximum absolute atomic E-state index is 12.5. The first kappa shape index (κ1) is 16.3. The monoisotopic (exact) mass is 313 g/mol. The van der Waals surface area contributed by atoms with Crippen molar-refractivity contribution < 1.29 is 4.79 Å². The molecule has 2 nitrogen and oxygen atoms in total. The van der Waals surface area contributed by atoms with Crippen LogP contribution >= 0.6 is 11.6 Å². The Morgan fingerprint density at radius 2 is 1.77 bits per heavy atom. The van der Waals surface area contributed by atoms with Gasteiger partial charge >= 0.3 is 0 Å². The number of hydrogen-bond donors (Lipinski definition) is 1. The summed E-state index contributed by atoms with van der Waals surface area (Å²) < 4.78 is 0. The molecule has 114 valence electrons. The molecule has 0 heterocycles. The normalized spacial score (nSPS) is 11.3. The second-order valence-electron chi connectivity index (χ2n) is 5.05. The number of carbonyl (C=O) groups excluding carboxylic acids is 1. The van der Waals surface area contributed by atoms with Crippen molar-refractivity contribution in [1.29, 1.82) is 0 Å². The Bertz CT molecular complexity index is 649. The first-order chi connectivity index (χ1) is 10.7. The second-order valence-corrected chi connectivity index (χ2v) is 5.46. The standard InChI is InChI=1S/C19H20ClNO/c1-2-3-13-21-18(15-9-5-4-6-10-15)14-19(22)16-11-7-8-12-17(16)20/h4-12,14,21H,2-3,13H2,1H3/b18-14-. The van der Waals surface area contributed by atoms with Gasteiger partial charge in [-0.25, -0.2) is 0 Å². The van der Waals surface area contributed by atoms with E-state index in [0.29, 0.717) is 10.6 Å². The summed E-state index contributed by atoms with van der Waals surface area (Å²) in [6.07, 6.45) is 3.80. The molecule has 0 amide bonds. The molecule has 22 heavy (non-hydrogen) atoms. The lowest BCUT2D eigenvalue weighted by Crippen LogP contribution is -2.15. The van der Waals surface area contributed by atoms with E-state index in [-0.39, 0.29) is 5.78 Å². The molecule has 0 atom stereocenters. The molecule has 2 aromatic carbocycles. The quantitative estimate of drug-likeness (QED) is 0.445. The minimum atomic E-state index is -0.0894. The number of hydrogen-bond acceptors (Lipinski definition) is 2. The number of rotatable bonds is 7. The summed E-state index contributed by atoms with van der Waals surface area (Å²) in [5, 5.41) is 3.83. The van der Waals surface area contributed by atoms with Gasteiger partial charge in [-0.05, 0) is 24.1 Å². The predicted octanol–water partition coefficient (Wildman–Crippen LogP) is 4.95. The van der Waals surface area contributed by atoms with Gasteiger partial charge in [0.05, 0.1) is 5.02 Å². The minimum Gasteiger partial charge on any atom is -0.384 e. The maximum Gasteiger partial charge on any atom is 0.189 e. The summed E-state index contributed by atoms with van der Waals surface area (Å²) in [7, 11) is 0. The maximum atomic E-state index is 12.5. The highest BCUT2D eigenvalue weighted by Gasteiger charge is 2.09. The van der Waals surface area contributed by atoms with Gasteiger partial charge in [0.25, 0.3) is 0 Å². The molecule has 0 unspecified atom stereocenters. The van der Waals surface area contributed by atoms with Crippen molar-refractivity contribution >= 4 is 23.1 Å². The Morgan fingerprint density at radius 3 is 2.45 bits per heavy atom. The Labute approximate surface area is 136 Å². The van der Waals surface area contributed by atoms with Crippen LogP contribution in [0.15, 0.2) is 60.7 Å². The molecule has 2 rings (SSSR count). The van der Waals surface area contributed by atoms with Gasteiger partial charge in [-0.2, -0.15) is 0 Å². The van der Waals surface area contributed by atoms with E-state index in [0.717, 1.165) is 30.6 Å². The van der Waals surface area contributed by atoms with Gasteiger partial charge in [-0.3, -0.25) is 4.79 Å². The summed E-state index contributed by atoms with van der Waals surface area (Å²) in [4.78, 5) is 12.5. The third-order valence-corrected chi connectivity index (χ3v) is 3.67. The van der Waals surface area contributed by atoms with Crippen molar-refractivity contribution in [3.05, 3.63) is 76.8 Å². The lowest BCUT2D eigenvalue weighted by Gasteiger charge is -2.11. The molecule has 0 saturated carbocycles. The van der Waals surface area contributed by atoms with Crippen molar-refractivity contribution in [3.8, 4) is 0 Å². The molecule has 0 aromatic heterocycles. The highest BCUT2D eigenvalue weighted by Crippen LogP contribution is 2.18. The molecular weight excluding hydrogens is 294 g/mol. The minimum absolute atomic E-state index is 0.0894. The van der Waals surface area contributed by atoms with Crippen LogP contribution < -0.4 is 5.32 Å². The number of ketones is 1. The van der Waals surface area contributed by atoms with E-state index in [9.17, 15) is 4.79 Å². The summed E-state index contributed by atoms with van der Waals surface area (Å²) in [5.74, 6) is -0.0894. The zero-order chi connectivity index (χ0) is 15.8. The number of halogens is 1. The van der Waals surface area contributed by atoms with Crippen molar-refractivity contribution in [2.75, 3.05) is 6.54 Å². The highest BCUT2D eigenvalue weighted by atomic mass is 35.5. The van der Waals surface area contributed by atoms with E-state index in [1.54, 1.807) is 18.2 Å². The van der Waals surface area contributed by atoms with Gasteiger partial charge in [0.1, 0.15) is 0 Å². The Hall–Kier alpha value is -2.06. The van der Waals surface area contributed by atoms with Gasteiger partial charge in [-0.1, -0.05) is 67.4 Å². The Balaban J connectivity index is 2.27. The number of carbonyl (C=O) groups is 1. The summed E-state index contributed by atoms with van der Waals surface area (Å²) in [6.45, 7) is 2.98. The SMILES string of the molecule is CCCCN/C(=C\C(=O)c1ccccc1Cl)c1ccccc1. The van der Waals surface area contributed by atoms with Gasteiger partial charge < -0.3 is 5.32 Å². The van der Waals surface area contributed by atoms with E-state index in [2.05, 4.69) is 12.2 Å². The topological polar surface area (TPSA) is 29.1 Å². The first-order valence-corrected chi connectivity index (χ1v) is 7.90. The van der Waals surface area contributed by atoms with Crippen LogP contribution in [0.25, 0.3) is 5.70 Å². The third kappa shape index (κ3) is 4.47. The van der Waals surface area contributed by atoms with E-state index >= 15 is 0 Å². The molecule has 0 spiro atoms. The van der Waals surface area contributed by atoms with Crippen LogP contribution in [0.2, 0.25) is 5.02 Å². The van der Waals surface area contributed by atoms with Crippen molar-refractivity contribution in [1.82, 2.24) is 5.32 Å². The zero-order valence-corrected chi connectivity index (χ0v) is 13.4. The lowest BCUT2D eigenvalue weighted by atomic mass is 10.1. The highest BCUT2D eigenvalue weighted by molar-refractivity contribution is 6.34. The molecule has 3 heteroatoms. The average Bonchev–Trinajstić information content (AvgIpc) is 2.55. The molecule has 0 radical (unpaired) electrons. The molecule has 0 aliphatic rings. The Morgan fingerprint density at radius 1 is 1.09 bits per heavy atom. The number of benzene rings is 2. The zero-order valence-electron chi connectivity index (χ0n) is 12.7. The van der Waals surface area contributed by atoms with Crippen LogP contribution in [0.1, 0.15) is 35.7 Å². The van der Waals surface area contributed by atoms with Crippen LogP contribution in [0.5, 0.6) is 0 Å². The number of nitrogens with one attached hydrogen (secondary N) is 1. The van der Waals surface area contributed by atoms with Crippen LogP contribution in [-0.4, -0.2) is 12.3 Å². The van der Waals surface area contributed by atoms with Crippen LogP contribution in [0, 0.1) is 0 Å². The van der Waals surface area contributed by atoms with Crippen molar-refractivity contribution in [2.45, 2.75) is 19.8 Å². The van der Waals surface area contributed by atoms with Gasteiger partial charge in [0.15, 0.2) is 5.78 Å². The molecule has 0 aliphatic heterocycles. The van der Waals surface area contributed by atoms with Crippen molar-refractivity contribution in [3.63, 3.8) is 0 Å². The molecule has 0 saturated heterocycles. The molecule has 0 fully saturated rings. The number of unbranched alkanes of at least 4 members (excludes halogenated alkanes) is 1. The van der Waals surface area contributed by atoms with Crippen LogP contribution in [0.3, 0.4) is 0 Å². The fourth-order valence-corrected chi connectivity index (χ4v) is 2.35. The summed E-state index contributed by atoms with van der Waals surface area (Å²) in [6, 6.07) is 17.0. The molecule has 2 aromatic rings. The molecule has 0 aliphatic carbocycles. The van der Waals surface area contributed by atoms with E-state index in [4.69, 9.17) is 11.6 Å². The Kier molecular flexibility index (Phi) is 6.23. The van der Waals surface area contributed by atoms with Crippen LogP contribution in [-0.2, 0) is 0 Å². The van der Waals surface area contributed by atoms with Gasteiger partial charge in [0, 0.05) is 23.9 Å². The summed E-state index contributed by atoms with van der Waals surface area (Å²) >= 11 is 6.10. The van der Waals surface area contributed by atoms with Crippen molar-refractivity contribution in [2.24, 2.45) is 0 Å². The lowest BCUT2D eigenvalue weighted by molar-refractivity contribution is 0.104. The molecule has 1 N–H and O–H groups in total. The van der Waals surface area contributed by atoms with Gasteiger partial charge in [0.2, 0.25) is 0 Å². The third-order valence-electron chi connectivity index (χ3n) is 3.35.